The van der Waals surface area contributed by atoms with Crippen molar-refractivity contribution in [3.63, 3.8) is 0 Å². The van der Waals surface area contributed by atoms with Crippen LogP contribution in [0.3, 0.4) is 0 Å². The number of aromatic amines is 1. The Morgan fingerprint density at radius 2 is 2.19 bits per heavy atom. The fourth-order valence-electron chi connectivity index (χ4n) is 1.95. The van der Waals surface area contributed by atoms with E-state index in [-0.39, 0.29) is 17.3 Å². The lowest BCUT2D eigenvalue weighted by atomic mass is 10.2. The molecular formula is C11H10N2O3. The number of rotatable bonds is 2. The van der Waals surface area contributed by atoms with Gasteiger partial charge in [-0.05, 0) is 31.0 Å². The third kappa shape index (κ3) is 1.25. The lowest BCUT2D eigenvalue weighted by Gasteiger charge is -2.00. The number of carbonyl (C=O) groups is 1. The number of fused-ring (bicyclic) bond motifs is 1. The molecule has 2 N–H and O–H groups in total. The molecule has 2 aromatic rings. The van der Waals surface area contributed by atoms with Gasteiger partial charge in [-0.3, -0.25) is 4.57 Å². The van der Waals surface area contributed by atoms with Gasteiger partial charge in [-0.2, -0.15) is 0 Å². The number of hydrogen-bond acceptors (Lipinski definition) is 2. The molecular weight excluding hydrogens is 208 g/mol. The van der Waals surface area contributed by atoms with E-state index in [0.717, 1.165) is 12.8 Å². The van der Waals surface area contributed by atoms with Gasteiger partial charge in [0.1, 0.15) is 0 Å². The number of benzene rings is 1. The van der Waals surface area contributed by atoms with Crippen molar-refractivity contribution in [2.45, 2.75) is 18.9 Å². The van der Waals surface area contributed by atoms with Crippen LogP contribution in [0, 0.1) is 0 Å². The summed E-state index contributed by atoms with van der Waals surface area (Å²) < 4.78 is 1.65. The van der Waals surface area contributed by atoms with Gasteiger partial charge >= 0.3 is 11.7 Å². The molecule has 0 atom stereocenters. The fourth-order valence-corrected chi connectivity index (χ4v) is 1.95. The Labute approximate surface area is 90.3 Å². The van der Waals surface area contributed by atoms with Crippen molar-refractivity contribution >= 4 is 17.0 Å². The second-order valence-corrected chi connectivity index (χ2v) is 4.07. The van der Waals surface area contributed by atoms with Crippen molar-refractivity contribution in [2.24, 2.45) is 0 Å². The molecule has 0 spiro atoms. The van der Waals surface area contributed by atoms with Gasteiger partial charge in [-0.15, -0.1) is 0 Å². The minimum Gasteiger partial charge on any atom is -0.478 e. The molecule has 1 aromatic carbocycles. The summed E-state index contributed by atoms with van der Waals surface area (Å²) >= 11 is 0. The van der Waals surface area contributed by atoms with Gasteiger partial charge in [-0.25, -0.2) is 9.59 Å². The molecule has 5 heteroatoms. The lowest BCUT2D eigenvalue weighted by Crippen LogP contribution is -2.15. The van der Waals surface area contributed by atoms with E-state index in [9.17, 15) is 9.59 Å². The molecule has 1 aliphatic carbocycles. The molecule has 1 heterocycles. The van der Waals surface area contributed by atoms with Crippen molar-refractivity contribution in [3.8, 4) is 0 Å². The highest BCUT2D eigenvalue weighted by molar-refractivity contribution is 5.92. The molecule has 0 aliphatic heterocycles. The van der Waals surface area contributed by atoms with Crippen LogP contribution in [0.5, 0.6) is 0 Å². The van der Waals surface area contributed by atoms with E-state index in [1.807, 2.05) is 0 Å². The van der Waals surface area contributed by atoms with Crippen molar-refractivity contribution in [2.75, 3.05) is 0 Å². The predicted molar refractivity (Wildman–Crippen MR) is 57.8 cm³/mol. The third-order valence-corrected chi connectivity index (χ3v) is 2.88. The first-order valence-electron chi connectivity index (χ1n) is 5.14. The van der Waals surface area contributed by atoms with Gasteiger partial charge in [0, 0.05) is 6.04 Å². The van der Waals surface area contributed by atoms with E-state index < -0.39 is 5.97 Å². The van der Waals surface area contributed by atoms with Gasteiger partial charge in [0.05, 0.1) is 16.6 Å². The second kappa shape index (κ2) is 2.98. The maximum atomic E-state index is 11.7. The normalized spacial score (nSPS) is 15.5. The van der Waals surface area contributed by atoms with Crippen LogP contribution in [0.4, 0.5) is 0 Å². The Morgan fingerprint density at radius 3 is 2.81 bits per heavy atom. The number of carboxylic acid groups (broad SMARTS) is 1. The zero-order valence-corrected chi connectivity index (χ0v) is 8.43. The molecule has 3 rings (SSSR count). The Hall–Kier alpha value is -2.04. The van der Waals surface area contributed by atoms with Crippen LogP contribution < -0.4 is 5.69 Å². The molecule has 16 heavy (non-hydrogen) atoms. The van der Waals surface area contributed by atoms with E-state index >= 15 is 0 Å². The van der Waals surface area contributed by atoms with E-state index in [4.69, 9.17) is 5.11 Å². The molecule has 82 valence electrons. The van der Waals surface area contributed by atoms with Crippen molar-refractivity contribution in [1.29, 1.82) is 0 Å². The highest BCUT2D eigenvalue weighted by atomic mass is 16.4. The SMILES string of the molecule is O=C(O)c1ccc2[nH]c(=O)n(C3CC3)c2c1. The largest absolute Gasteiger partial charge is 0.478 e. The topological polar surface area (TPSA) is 75.1 Å². The minimum atomic E-state index is -0.974. The predicted octanol–water partition coefficient (Wildman–Crippen LogP) is 1.36. The summed E-state index contributed by atoms with van der Waals surface area (Å²) in [5.74, 6) is -0.974. The molecule has 5 nitrogen and oxygen atoms in total. The number of nitrogens with zero attached hydrogens (tertiary/aromatic N) is 1. The Kier molecular flexibility index (Phi) is 1.71. The summed E-state index contributed by atoms with van der Waals surface area (Å²) in [7, 11) is 0. The molecule has 0 bridgehead atoms. The Morgan fingerprint density at radius 1 is 1.44 bits per heavy atom. The van der Waals surface area contributed by atoms with Gasteiger partial charge in [0.25, 0.3) is 0 Å². The lowest BCUT2D eigenvalue weighted by molar-refractivity contribution is 0.0697. The first kappa shape index (κ1) is 9.21. The molecule has 1 aliphatic rings. The molecule has 0 radical (unpaired) electrons. The van der Waals surface area contributed by atoms with E-state index in [0.29, 0.717) is 11.0 Å². The van der Waals surface area contributed by atoms with Gasteiger partial charge in [-0.1, -0.05) is 0 Å². The number of carboxylic acids is 1. The number of imidazole rings is 1. The third-order valence-electron chi connectivity index (χ3n) is 2.88. The number of nitrogens with one attached hydrogen (secondary N) is 1. The summed E-state index contributed by atoms with van der Waals surface area (Å²) in [6.07, 6.45) is 1.98. The van der Waals surface area contributed by atoms with Crippen LogP contribution in [-0.2, 0) is 0 Å². The highest BCUT2D eigenvalue weighted by Gasteiger charge is 2.27. The van der Waals surface area contributed by atoms with Crippen LogP contribution in [-0.4, -0.2) is 20.6 Å². The average molecular weight is 218 g/mol. The summed E-state index contributed by atoms with van der Waals surface area (Å²) in [5, 5.41) is 8.90. The fraction of sp³-hybridized carbons (Fsp3) is 0.273. The van der Waals surface area contributed by atoms with Crippen molar-refractivity contribution in [3.05, 3.63) is 34.2 Å². The van der Waals surface area contributed by atoms with Crippen LogP contribution in [0.1, 0.15) is 29.2 Å². The Bertz CT molecular complexity index is 634. The van der Waals surface area contributed by atoms with Gasteiger partial charge < -0.3 is 10.1 Å². The molecule has 0 saturated heterocycles. The minimum absolute atomic E-state index is 0.153. The number of aromatic carboxylic acids is 1. The molecule has 1 fully saturated rings. The van der Waals surface area contributed by atoms with E-state index in [2.05, 4.69) is 4.98 Å². The molecule has 1 aromatic heterocycles. The maximum absolute atomic E-state index is 11.7. The van der Waals surface area contributed by atoms with E-state index in [1.54, 1.807) is 16.7 Å². The average Bonchev–Trinajstić information content (AvgIpc) is 3.00. The molecule has 0 unspecified atom stereocenters. The summed E-state index contributed by atoms with van der Waals surface area (Å²) in [5.41, 5.74) is 1.44. The van der Waals surface area contributed by atoms with Crippen molar-refractivity contribution < 1.29 is 9.90 Å². The van der Waals surface area contributed by atoms with Crippen LogP contribution in [0.2, 0.25) is 0 Å². The zero-order chi connectivity index (χ0) is 11.3. The number of hydrogen-bond donors (Lipinski definition) is 2. The molecule has 1 saturated carbocycles. The van der Waals surface area contributed by atoms with E-state index in [1.165, 1.54) is 6.07 Å². The van der Waals surface area contributed by atoms with Gasteiger partial charge in [0.15, 0.2) is 0 Å². The molecule has 0 amide bonds. The first-order chi connectivity index (χ1) is 7.66. The van der Waals surface area contributed by atoms with Gasteiger partial charge in [0.2, 0.25) is 0 Å². The summed E-state index contributed by atoms with van der Waals surface area (Å²) in [6, 6.07) is 4.93. The second-order valence-electron chi connectivity index (χ2n) is 4.07. The number of H-pyrrole nitrogens is 1. The maximum Gasteiger partial charge on any atom is 0.335 e. The summed E-state index contributed by atoms with van der Waals surface area (Å²) in [6.45, 7) is 0. The summed E-state index contributed by atoms with van der Waals surface area (Å²) in [4.78, 5) is 25.2. The first-order valence-corrected chi connectivity index (χ1v) is 5.14. The van der Waals surface area contributed by atoms with Crippen LogP contribution in [0.15, 0.2) is 23.0 Å². The smallest absolute Gasteiger partial charge is 0.335 e. The highest BCUT2D eigenvalue weighted by Crippen LogP contribution is 2.35. The quantitative estimate of drug-likeness (QED) is 0.799. The Balaban J connectivity index is 2.31. The monoisotopic (exact) mass is 218 g/mol. The number of aromatic nitrogens is 2. The van der Waals surface area contributed by atoms with Crippen molar-refractivity contribution in [1.82, 2.24) is 9.55 Å². The van der Waals surface area contributed by atoms with Crippen LogP contribution >= 0.6 is 0 Å². The standard InChI is InChI=1S/C11H10N2O3/c14-10(15)6-1-4-8-9(5-6)13(7-2-3-7)11(16)12-8/h1,4-5,7H,2-3H2,(H,12,16)(H,14,15). The zero-order valence-electron chi connectivity index (χ0n) is 8.43. The van der Waals surface area contributed by atoms with Crippen LogP contribution in [0.25, 0.3) is 11.0 Å².